The predicted octanol–water partition coefficient (Wildman–Crippen LogP) is 4.46. The predicted molar refractivity (Wildman–Crippen MR) is 113 cm³/mol. The van der Waals surface area contributed by atoms with Gasteiger partial charge in [0.15, 0.2) is 0 Å². The van der Waals surface area contributed by atoms with Crippen molar-refractivity contribution in [2.45, 2.75) is 6.42 Å². The van der Waals surface area contributed by atoms with Gasteiger partial charge in [0, 0.05) is 28.5 Å². The Labute approximate surface area is 174 Å². The molecule has 150 valence electrons. The van der Waals surface area contributed by atoms with Crippen molar-refractivity contribution in [1.29, 1.82) is 0 Å². The number of halogens is 2. The summed E-state index contributed by atoms with van der Waals surface area (Å²) in [6.45, 7) is 0. The first-order valence-corrected chi connectivity index (χ1v) is 9.21. The number of aromatic amines is 1. The minimum absolute atomic E-state index is 0.00102. The first-order chi connectivity index (χ1) is 14.3. The molecule has 1 aromatic heterocycles. The summed E-state index contributed by atoms with van der Waals surface area (Å²) in [5.74, 6) is -0.528. The zero-order valence-corrected chi connectivity index (χ0v) is 16.1. The van der Waals surface area contributed by atoms with Gasteiger partial charge in [-0.3, -0.25) is 14.9 Å². The van der Waals surface area contributed by atoms with Crippen molar-refractivity contribution < 1.29 is 9.31 Å². The molecule has 30 heavy (non-hydrogen) atoms. The molecule has 4 aromatic rings. The van der Waals surface area contributed by atoms with Gasteiger partial charge in [0.25, 0.3) is 11.2 Å². The van der Waals surface area contributed by atoms with E-state index in [0.717, 1.165) is 0 Å². The Morgan fingerprint density at radius 3 is 2.67 bits per heavy atom. The highest BCUT2D eigenvalue weighted by molar-refractivity contribution is 6.31. The number of H-pyrrole nitrogens is 1. The van der Waals surface area contributed by atoms with Crippen molar-refractivity contribution in [3.05, 3.63) is 97.2 Å². The molecule has 0 aliphatic carbocycles. The lowest BCUT2D eigenvalue weighted by atomic mass is 9.98. The number of hydrogen-bond acceptors (Lipinski definition) is 5. The number of benzene rings is 3. The average molecular weight is 425 g/mol. The number of nitro groups is 1. The summed E-state index contributed by atoms with van der Waals surface area (Å²) < 4.78 is 14.5. The van der Waals surface area contributed by atoms with Gasteiger partial charge in [0.05, 0.1) is 16.0 Å². The minimum atomic E-state index is -0.610. The highest BCUT2D eigenvalue weighted by Gasteiger charge is 2.16. The van der Waals surface area contributed by atoms with Gasteiger partial charge >= 0.3 is 0 Å². The van der Waals surface area contributed by atoms with Crippen molar-refractivity contribution in [2.24, 2.45) is 0 Å². The van der Waals surface area contributed by atoms with Gasteiger partial charge in [-0.1, -0.05) is 23.7 Å². The van der Waals surface area contributed by atoms with Crippen LogP contribution in [0.25, 0.3) is 21.9 Å². The van der Waals surface area contributed by atoms with Crippen LogP contribution in [0.4, 0.5) is 15.8 Å². The molecule has 4 rings (SSSR count). The largest absolute Gasteiger partial charge is 0.393 e. The van der Waals surface area contributed by atoms with E-state index in [2.05, 4.69) is 10.2 Å². The molecule has 0 atom stereocenters. The van der Waals surface area contributed by atoms with Gasteiger partial charge in [-0.15, -0.1) is 0 Å². The lowest BCUT2D eigenvalue weighted by Gasteiger charge is -2.09. The third-order valence-corrected chi connectivity index (χ3v) is 5.01. The Bertz CT molecular complexity index is 1370. The Kier molecular flexibility index (Phi) is 4.93. The number of nitrogens with one attached hydrogen (secondary N) is 1. The van der Waals surface area contributed by atoms with Crippen LogP contribution in [0.1, 0.15) is 11.3 Å². The molecule has 3 N–H and O–H groups in total. The number of nitrogens with zero attached hydrogens (tertiary/aromatic N) is 2. The number of aromatic nitrogens is 2. The van der Waals surface area contributed by atoms with Crippen molar-refractivity contribution in [3.63, 3.8) is 0 Å². The summed E-state index contributed by atoms with van der Waals surface area (Å²) in [4.78, 5) is 22.6. The number of nitro benzene ring substituents is 1. The fraction of sp³-hybridized carbons (Fsp3) is 0.0476. The van der Waals surface area contributed by atoms with Crippen molar-refractivity contribution in [2.75, 3.05) is 5.73 Å². The molecule has 0 radical (unpaired) electrons. The van der Waals surface area contributed by atoms with Crippen LogP contribution in [0.3, 0.4) is 0 Å². The van der Waals surface area contributed by atoms with E-state index in [-0.39, 0.29) is 28.9 Å². The molecule has 0 aliphatic heterocycles. The van der Waals surface area contributed by atoms with E-state index in [9.17, 15) is 19.3 Å². The monoisotopic (exact) mass is 424 g/mol. The lowest BCUT2D eigenvalue weighted by Crippen LogP contribution is -2.11. The third-order valence-electron chi connectivity index (χ3n) is 4.77. The molecule has 0 saturated heterocycles. The van der Waals surface area contributed by atoms with E-state index in [0.29, 0.717) is 32.6 Å². The second-order valence-corrected chi connectivity index (χ2v) is 7.15. The SMILES string of the molecule is Nc1ccc(-c2cc(Cc3n[nH]c(=O)c4ccc(Cl)cc34)ccc2F)cc1[N+](=O)[O-]. The lowest BCUT2D eigenvalue weighted by molar-refractivity contribution is -0.383. The minimum Gasteiger partial charge on any atom is -0.393 e. The van der Waals surface area contributed by atoms with Crippen LogP contribution < -0.4 is 11.3 Å². The topological polar surface area (TPSA) is 115 Å². The summed E-state index contributed by atoms with van der Waals surface area (Å²) in [6, 6.07) is 13.5. The summed E-state index contributed by atoms with van der Waals surface area (Å²) >= 11 is 6.07. The van der Waals surface area contributed by atoms with E-state index >= 15 is 0 Å². The van der Waals surface area contributed by atoms with Gasteiger partial charge in [0.2, 0.25) is 0 Å². The molecule has 1 heterocycles. The van der Waals surface area contributed by atoms with Crippen LogP contribution in [0, 0.1) is 15.9 Å². The van der Waals surface area contributed by atoms with Crippen LogP contribution in [0.5, 0.6) is 0 Å². The Hall–Kier alpha value is -3.78. The van der Waals surface area contributed by atoms with Crippen molar-refractivity contribution in [3.8, 4) is 11.1 Å². The maximum atomic E-state index is 14.5. The first kappa shape index (κ1) is 19.5. The molecule has 3 aromatic carbocycles. The fourth-order valence-corrected chi connectivity index (χ4v) is 3.47. The van der Waals surface area contributed by atoms with E-state index in [4.69, 9.17) is 17.3 Å². The molecule has 7 nitrogen and oxygen atoms in total. The van der Waals surface area contributed by atoms with Crippen LogP contribution in [0.15, 0.2) is 59.4 Å². The van der Waals surface area contributed by atoms with Gasteiger partial charge in [-0.25, -0.2) is 9.49 Å². The number of rotatable bonds is 4. The van der Waals surface area contributed by atoms with Gasteiger partial charge in [-0.2, -0.15) is 5.10 Å². The molecule has 0 spiro atoms. The van der Waals surface area contributed by atoms with E-state index in [1.807, 2.05) is 0 Å². The molecule has 0 unspecified atom stereocenters. The van der Waals surface area contributed by atoms with Crippen molar-refractivity contribution in [1.82, 2.24) is 10.2 Å². The fourth-order valence-electron chi connectivity index (χ4n) is 3.29. The van der Waals surface area contributed by atoms with Crippen LogP contribution >= 0.6 is 11.6 Å². The van der Waals surface area contributed by atoms with E-state index < -0.39 is 10.7 Å². The highest BCUT2D eigenvalue weighted by atomic mass is 35.5. The number of nitrogen functional groups attached to an aromatic ring is 1. The number of nitrogens with two attached hydrogens (primary N) is 1. The van der Waals surface area contributed by atoms with Gasteiger partial charge in [-0.05, 0) is 47.5 Å². The molecular formula is C21H14ClFN4O3. The number of hydrogen-bond donors (Lipinski definition) is 2. The van der Waals surface area contributed by atoms with Crippen LogP contribution in [-0.2, 0) is 6.42 Å². The Morgan fingerprint density at radius 1 is 1.10 bits per heavy atom. The molecule has 0 saturated carbocycles. The van der Waals surface area contributed by atoms with Crippen LogP contribution in [0.2, 0.25) is 5.02 Å². The van der Waals surface area contributed by atoms with Gasteiger partial charge < -0.3 is 5.73 Å². The Morgan fingerprint density at radius 2 is 1.90 bits per heavy atom. The average Bonchev–Trinajstić information content (AvgIpc) is 2.71. The number of anilines is 1. The molecule has 0 fully saturated rings. The normalized spacial score (nSPS) is 11.0. The smallest absolute Gasteiger partial charge is 0.292 e. The quantitative estimate of drug-likeness (QED) is 0.285. The Balaban J connectivity index is 1.79. The second-order valence-electron chi connectivity index (χ2n) is 6.71. The van der Waals surface area contributed by atoms with E-state index in [1.54, 1.807) is 30.3 Å². The zero-order valence-electron chi connectivity index (χ0n) is 15.4. The summed E-state index contributed by atoms with van der Waals surface area (Å²) in [7, 11) is 0. The standard InChI is InChI=1S/C21H14ClFN4O3/c22-13-3-4-14-16(10-13)19(25-26-21(14)28)8-11-1-5-17(23)15(7-11)12-2-6-18(24)20(9-12)27(29)30/h1-7,9-10H,8,24H2,(H,26,28). The molecule has 0 amide bonds. The third kappa shape index (κ3) is 3.60. The summed E-state index contributed by atoms with van der Waals surface area (Å²) in [5.41, 5.74) is 6.80. The molecular weight excluding hydrogens is 411 g/mol. The number of fused-ring (bicyclic) bond motifs is 1. The maximum Gasteiger partial charge on any atom is 0.292 e. The van der Waals surface area contributed by atoms with E-state index in [1.165, 1.54) is 24.3 Å². The molecule has 9 heteroatoms. The molecule has 0 aliphatic rings. The zero-order chi connectivity index (χ0) is 21.4. The maximum absolute atomic E-state index is 14.5. The first-order valence-electron chi connectivity index (χ1n) is 8.83. The highest BCUT2D eigenvalue weighted by Crippen LogP contribution is 2.31. The van der Waals surface area contributed by atoms with Gasteiger partial charge in [0.1, 0.15) is 11.5 Å². The summed E-state index contributed by atoms with van der Waals surface area (Å²) in [5, 5.41) is 19.2. The van der Waals surface area contributed by atoms with Crippen molar-refractivity contribution >= 4 is 33.7 Å². The second kappa shape index (κ2) is 7.57. The molecule has 0 bridgehead atoms. The van der Waals surface area contributed by atoms with Crippen LogP contribution in [-0.4, -0.2) is 15.1 Å². The summed E-state index contributed by atoms with van der Waals surface area (Å²) in [6.07, 6.45) is 0.290.